The molecule has 0 unspecified atom stereocenters. The maximum atomic E-state index is 9.53. The van der Waals surface area contributed by atoms with Gasteiger partial charge >= 0.3 is 0 Å². The topological polar surface area (TPSA) is 27.0 Å². The van der Waals surface area contributed by atoms with Crippen molar-refractivity contribution in [1.29, 1.82) is 5.26 Å². The van der Waals surface area contributed by atoms with Crippen molar-refractivity contribution in [2.24, 2.45) is 0 Å². The first-order valence-corrected chi connectivity index (χ1v) is 8.42. The average molecular weight is 300 g/mol. The SMILES string of the molecule is CC(C)N(CC[C@H](C#N)c1ccc(C(C)(C)C)cc1)C(C)C. The molecule has 0 aliphatic rings. The van der Waals surface area contributed by atoms with Crippen LogP contribution in [0, 0.1) is 11.3 Å². The molecular formula is C20H32N2. The minimum atomic E-state index is -0.0194. The Labute approximate surface area is 137 Å². The summed E-state index contributed by atoms with van der Waals surface area (Å²) in [4.78, 5) is 2.45. The van der Waals surface area contributed by atoms with E-state index in [1.165, 1.54) is 5.56 Å². The van der Waals surface area contributed by atoms with Crippen LogP contribution in [0.3, 0.4) is 0 Å². The van der Waals surface area contributed by atoms with Gasteiger partial charge in [0.2, 0.25) is 0 Å². The molecule has 0 radical (unpaired) electrons. The van der Waals surface area contributed by atoms with E-state index in [1.807, 2.05) is 0 Å². The van der Waals surface area contributed by atoms with Gasteiger partial charge in [0.05, 0.1) is 12.0 Å². The van der Waals surface area contributed by atoms with Crippen LogP contribution in [-0.4, -0.2) is 23.5 Å². The highest BCUT2D eigenvalue weighted by Gasteiger charge is 2.18. The summed E-state index contributed by atoms with van der Waals surface area (Å²) in [6.45, 7) is 16.5. The fraction of sp³-hybridized carbons (Fsp3) is 0.650. The molecule has 0 spiro atoms. The molecule has 22 heavy (non-hydrogen) atoms. The number of hydrogen-bond donors (Lipinski definition) is 0. The minimum Gasteiger partial charge on any atom is -0.298 e. The van der Waals surface area contributed by atoms with Gasteiger partial charge in [-0.1, -0.05) is 45.0 Å². The lowest BCUT2D eigenvalue weighted by Crippen LogP contribution is -2.38. The van der Waals surface area contributed by atoms with E-state index in [0.29, 0.717) is 12.1 Å². The van der Waals surface area contributed by atoms with Gasteiger partial charge in [0.1, 0.15) is 0 Å². The van der Waals surface area contributed by atoms with Crippen LogP contribution in [0.5, 0.6) is 0 Å². The largest absolute Gasteiger partial charge is 0.298 e. The summed E-state index contributed by atoms with van der Waals surface area (Å²) in [6.07, 6.45) is 0.891. The fourth-order valence-electron chi connectivity index (χ4n) is 2.91. The second-order valence-corrected chi connectivity index (χ2v) is 7.77. The average Bonchev–Trinajstić information content (AvgIpc) is 2.42. The molecule has 1 rings (SSSR count). The van der Waals surface area contributed by atoms with Gasteiger partial charge in [-0.3, -0.25) is 4.90 Å². The molecule has 122 valence electrons. The smallest absolute Gasteiger partial charge is 0.0724 e. The standard InChI is InChI=1S/C20H32N2/c1-15(2)22(16(3)4)13-12-18(14-21)17-8-10-19(11-9-17)20(5,6)7/h8-11,15-16,18H,12-13H2,1-7H3/t18-/m1/s1. The van der Waals surface area contributed by atoms with Gasteiger partial charge < -0.3 is 0 Å². The Morgan fingerprint density at radius 1 is 1.00 bits per heavy atom. The van der Waals surface area contributed by atoms with Crippen molar-refractivity contribution in [2.45, 2.75) is 78.3 Å². The Morgan fingerprint density at radius 2 is 1.50 bits per heavy atom. The summed E-state index contributed by atoms with van der Waals surface area (Å²) in [6, 6.07) is 12.1. The second kappa shape index (κ2) is 7.79. The van der Waals surface area contributed by atoms with E-state index in [0.717, 1.165) is 18.5 Å². The monoisotopic (exact) mass is 300 g/mol. The first-order valence-electron chi connectivity index (χ1n) is 8.42. The Hall–Kier alpha value is -1.33. The van der Waals surface area contributed by atoms with Crippen LogP contribution in [0.4, 0.5) is 0 Å². The van der Waals surface area contributed by atoms with Gasteiger partial charge in [0.25, 0.3) is 0 Å². The lowest BCUT2D eigenvalue weighted by Gasteiger charge is -2.31. The summed E-state index contributed by atoms with van der Waals surface area (Å²) in [5.74, 6) is -0.0194. The van der Waals surface area contributed by atoms with Gasteiger partial charge in [-0.25, -0.2) is 0 Å². The number of benzene rings is 1. The molecule has 0 aromatic heterocycles. The summed E-state index contributed by atoms with van der Waals surface area (Å²) in [5, 5.41) is 9.53. The zero-order valence-electron chi connectivity index (χ0n) is 15.4. The molecule has 0 saturated heterocycles. The van der Waals surface area contributed by atoms with Crippen molar-refractivity contribution in [3.05, 3.63) is 35.4 Å². The van der Waals surface area contributed by atoms with Gasteiger partial charge in [-0.15, -0.1) is 0 Å². The van der Waals surface area contributed by atoms with Crippen molar-refractivity contribution < 1.29 is 0 Å². The van der Waals surface area contributed by atoms with E-state index >= 15 is 0 Å². The van der Waals surface area contributed by atoms with E-state index in [4.69, 9.17) is 0 Å². The van der Waals surface area contributed by atoms with E-state index in [2.05, 4.69) is 83.7 Å². The maximum Gasteiger partial charge on any atom is 0.0724 e. The molecule has 0 amide bonds. The first-order chi connectivity index (χ1) is 10.2. The highest BCUT2D eigenvalue weighted by Crippen LogP contribution is 2.26. The zero-order chi connectivity index (χ0) is 16.9. The molecule has 1 aromatic rings. The number of nitrogens with zero attached hydrogens (tertiary/aromatic N) is 2. The van der Waals surface area contributed by atoms with Crippen LogP contribution >= 0.6 is 0 Å². The van der Waals surface area contributed by atoms with Crippen LogP contribution in [0.25, 0.3) is 0 Å². The third-order valence-electron chi connectivity index (χ3n) is 4.34. The Bertz CT molecular complexity index is 478. The van der Waals surface area contributed by atoms with Gasteiger partial charge in [0.15, 0.2) is 0 Å². The third kappa shape index (κ3) is 5.14. The lowest BCUT2D eigenvalue weighted by molar-refractivity contribution is 0.171. The summed E-state index contributed by atoms with van der Waals surface area (Å²) in [7, 11) is 0. The van der Waals surface area contributed by atoms with Crippen LogP contribution in [-0.2, 0) is 5.41 Å². The van der Waals surface area contributed by atoms with Crippen LogP contribution in [0.2, 0.25) is 0 Å². The number of rotatable bonds is 6. The number of hydrogen-bond acceptors (Lipinski definition) is 2. The minimum absolute atomic E-state index is 0.0194. The van der Waals surface area contributed by atoms with E-state index in [1.54, 1.807) is 0 Å². The molecule has 1 atom stereocenters. The third-order valence-corrected chi connectivity index (χ3v) is 4.34. The molecule has 0 heterocycles. The zero-order valence-corrected chi connectivity index (χ0v) is 15.4. The summed E-state index contributed by atoms with van der Waals surface area (Å²) >= 11 is 0. The van der Waals surface area contributed by atoms with Crippen molar-refractivity contribution >= 4 is 0 Å². The van der Waals surface area contributed by atoms with Crippen LogP contribution in [0.1, 0.15) is 71.9 Å². The summed E-state index contributed by atoms with van der Waals surface area (Å²) < 4.78 is 0. The number of nitriles is 1. The normalized spacial score (nSPS) is 13.7. The van der Waals surface area contributed by atoms with Crippen molar-refractivity contribution in [2.75, 3.05) is 6.54 Å². The van der Waals surface area contributed by atoms with E-state index in [9.17, 15) is 5.26 Å². The fourth-order valence-corrected chi connectivity index (χ4v) is 2.91. The predicted molar refractivity (Wildman–Crippen MR) is 95.1 cm³/mol. The molecule has 2 heteroatoms. The van der Waals surface area contributed by atoms with E-state index < -0.39 is 0 Å². The molecule has 0 N–H and O–H groups in total. The van der Waals surface area contributed by atoms with Crippen LogP contribution < -0.4 is 0 Å². The summed E-state index contributed by atoms with van der Waals surface area (Å²) in [5.41, 5.74) is 2.62. The van der Waals surface area contributed by atoms with Gasteiger partial charge in [-0.05, 0) is 50.7 Å². The molecule has 2 nitrogen and oxygen atoms in total. The van der Waals surface area contributed by atoms with Crippen molar-refractivity contribution in [3.8, 4) is 6.07 Å². The predicted octanol–water partition coefficient (Wildman–Crippen LogP) is 5.10. The Morgan fingerprint density at radius 3 is 1.86 bits per heavy atom. The van der Waals surface area contributed by atoms with Gasteiger partial charge in [-0.2, -0.15) is 5.26 Å². The Kier molecular flexibility index (Phi) is 6.63. The molecular weight excluding hydrogens is 268 g/mol. The second-order valence-electron chi connectivity index (χ2n) is 7.77. The van der Waals surface area contributed by atoms with Crippen molar-refractivity contribution in [3.63, 3.8) is 0 Å². The highest BCUT2D eigenvalue weighted by atomic mass is 15.2. The first kappa shape index (κ1) is 18.7. The van der Waals surface area contributed by atoms with Crippen LogP contribution in [0.15, 0.2) is 24.3 Å². The highest BCUT2D eigenvalue weighted by molar-refractivity contribution is 5.31. The van der Waals surface area contributed by atoms with E-state index in [-0.39, 0.29) is 11.3 Å². The Balaban J connectivity index is 2.79. The molecule has 0 fully saturated rings. The maximum absolute atomic E-state index is 9.53. The molecule has 0 aliphatic carbocycles. The molecule has 0 aliphatic heterocycles. The molecule has 1 aromatic carbocycles. The molecule has 0 bridgehead atoms. The van der Waals surface area contributed by atoms with Gasteiger partial charge in [0, 0.05) is 18.6 Å². The quantitative estimate of drug-likeness (QED) is 0.730. The lowest BCUT2D eigenvalue weighted by atomic mass is 9.85. The van der Waals surface area contributed by atoms with Crippen molar-refractivity contribution in [1.82, 2.24) is 4.90 Å². The molecule has 0 saturated carbocycles.